The molecule has 0 bridgehead atoms. The van der Waals surface area contributed by atoms with E-state index in [1.807, 2.05) is 30.3 Å². The van der Waals surface area contributed by atoms with Crippen molar-refractivity contribution in [3.8, 4) is 0 Å². The number of carbonyl (C=O) groups excluding carboxylic acids is 1. The molecule has 0 aliphatic rings. The number of aldehydes is 1. The molecule has 0 aliphatic carbocycles. The van der Waals surface area contributed by atoms with Crippen LogP contribution in [0.25, 0.3) is 0 Å². The molecule has 0 saturated heterocycles. The molecule has 0 spiro atoms. The van der Waals surface area contributed by atoms with Gasteiger partial charge in [-0.15, -0.1) is 18.3 Å². The van der Waals surface area contributed by atoms with E-state index in [9.17, 15) is 4.79 Å². The van der Waals surface area contributed by atoms with E-state index in [0.29, 0.717) is 0 Å². The summed E-state index contributed by atoms with van der Waals surface area (Å²) in [5, 5.41) is 0. The minimum atomic E-state index is 0.754. The molecule has 1 aromatic rings. The van der Waals surface area contributed by atoms with E-state index < -0.39 is 0 Å². The Morgan fingerprint density at radius 3 is 2.83 bits per heavy atom. The maximum absolute atomic E-state index is 10.6. The smallest absolute Gasteiger partial charge is 0.151 e. The molecule has 0 saturated carbocycles. The van der Waals surface area contributed by atoms with Gasteiger partial charge in [-0.2, -0.15) is 0 Å². The van der Waals surface area contributed by atoms with Crippen LogP contribution < -0.4 is 0 Å². The summed E-state index contributed by atoms with van der Waals surface area (Å²) in [5.41, 5.74) is 0.754. The maximum atomic E-state index is 10.6. The number of hydrogen-bond acceptors (Lipinski definition) is 2. The fourth-order valence-electron chi connectivity index (χ4n) is 0.858. The molecule has 2 heteroatoms. The van der Waals surface area contributed by atoms with Gasteiger partial charge in [-0.1, -0.05) is 24.3 Å². The number of carbonyl (C=O) groups is 1. The Kier molecular flexibility index (Phi) is 3.61. The van der Waals surface area contributed by atoms with Crippen molar-refractivity contribution >= 4 is 18.0 Å². The first kappa shape index (κ1) is 9.07. The van der Waals surface area contributed by atoms with Crippen molar-refractivity contribution in [2.24, 2.45) is 0 Å². The molecule has 0 radical (unpaired) electrons. The summed E-state index contributed by atoms with van der Waals surface area (Å²) in [7, 11) is 0. The van der Waals surface area contributed by atoms with E-state index in [1.165, 1.54) is 0 Å². The molecular weight excluding hydrogens is 168 g/mol. The van der Waals surface area contributed by atoms with Crippen LogP contribution in [0.3, 0.4) is 0 Å². The predicted octanol–water partition coefficient (Wildman–Crippen LogP) is 2.78. The molecule has 62 valence electrons. The molecule has 0 heterocycles. The molecular formula is C10H10OS. The monoisotopic (exact) mass is 178 g/mol. The lowest BCUT2D eigenvalue weighted by atomic mass is 10.2. The van der Waals surface area contributed by atoms with Crippen molar-refractivity contribution in [2.75, 3.05) is 5.75 Å². The Morgan fingerprint density at radius 1 is 1.42 bits per heavy atom. The molecule has 1 aromatic carbocycles. The van der Waals surface area contributed by atoms with Crippen LogP contribution in [-0.4, -0.2) is 12.0 Å². The van der Waals surface area contributed by atoms with E-state index in [4.69, 9.17) is 0 Å². The average Bonchev–Trinajstić information content (AvgIpc) is 2.15. The van der Waals surface area contributed by atoms with Gasteiger partial charge < -0.3 is 0 Å². The first-order chi connectivity index (χ1) is 5.88. The van der Waals surface area contributed by atoms with Crippen LogP contribution in [0.4, 0.5) is 0 Å². The van der Waals surface area contributed by atoms with Gasteiger partial charge in [0.25, 0.3) is 0 Å². The SMILES string of the molecule is C=CCSc1ccccc1C=O. The second-order valence-corrected chi connectivity index (χ2v) is 3.32. The Bertz CT molecular complexity index is 281. The van der Waals surface area contributed by atoms with Crippen LogP contribution in [0.15, 0.2) is 41.8 Å². The third kappa shape index (κ3) is 2.24. The minimum Gasteiger partial charge on any atom is -0.298 e. The van der Waals surface area contributed by atoms with Crippen LogP contribution in [0.2, 0.25) is 0 Å². The van der Waals surface area contributed by atoms with Gasteiger partial charge >= 0.3 is 0 Å². The van der Waals surface area contributed by atoms with Crippen LogP contribution in [0.1, 0.15) is 10.4 Å². The van der Waals surface area contributed by atoms with Gasteiger partial charge in [0.1, 0.15) is 0 Å². The van der Waals surface area contributed by atoms with Crippen LogP contribution >= 0.6 is 11.8 Å². The first-order valence-electron chi connectivity index (χ1n) is 3.66. The van der Waals surface area contributed by atoms with Gasteiger partial charge in [0.2, 0.25) is 0 Å². The van der Waals surface area contributed by atoms with E-state index in [-0.39, 0.29) is 0 Å². The van der Waals surface area contributed by atoms with Crippen molar-refractivity contribution < 1.29 is 4.79 Å². The fraction of sp³-hybridized carbons (Fsp3) is 0.100. The van der Waals surface area contributed by atoms with Crippen LogP contribution in [0.5, 0.6) is 0 Å². The lowest BCUT2D eigenvalue weighted by molar-refractivity contribution is 0.112. The molecule has 0 N–H and O–H groups in total. The highest BCUT2D eigenvalue weighted by Gasteiger charge is 1.98. The van der Waals surface area contributed by atoms with Crippen molar-refractivity contribution in [1.29, 1.82) is 0 Å². The molecule has 12 heavy (non-hydrogen) atoms. The normalized spacial score (nSPS) is 9.33. The molecule has 1 rings (SSSR count). The summed E-state index contributed by atoms with van der Waals surface area (Å²) in [6, 6.07) is 7.55. The lowest BCUT2D eigenvalue weighted by Gasteiger charge is -2.00. The number of rotatable bonds is 4. The number of hydrogen-bond donors (Lipinski definition) is 0. The Hall–Kier alpha value is -1.02. The highest BCUT2D eigenvalue weighted by atomic mass is 32.2. The minimum absolute atomic E-state index is 0.754. The molecule has 1 nitrogen and oxygen atoms in total. The summed E-state index contributed by atoms with van der Waals surface area (Å²) in [6.45, 7) is 3.62. The standard InChI is InChI=1S/C10H10OS/c1-2-7-12-10-6-4-3-5-9(10)8-11/h2-6,8H,1,7H2. The molecule has 0 atom stereocenters. The molecule has 0 aliphatic heterocycles. The van der Waals surface area contributed by atoms with Gasteiger partial charge in [-0.05, 0) is 6.07 Å². The third-order valence-corrected chi connectivity index (χ3v) is 2.49. The van der Waals surface area contributed by atoms with Gasteiger partial charge in [-0.25, -0.2) is 0 Å². The maximum Gasteiger partial charge on any atom is 0.151 e. The van der Waals surface area contributed by atoms with E-state index in [1.54, 1.807) is 11.8 Å². The quantitative estimate of drug-likeness (QED) is 0.400. The molecule has 0 aromatic heterocycles. The first-order valence-corrected chi connectivity index (χ1v) is 4.65. The zero-order chi connectivity index (χ0) is 8.81. The van der Waals surface area contributed by atoms with Gasteiger partial charge in [0.15, 0.2) is 6.29 Å². The lowest BCUT2D eigenvalue weighted by Crippen LogP contribution is -1.83. The second kappa shape index (κ2) is 4.78. The molecule has 0 unspecified atom stereocenters. The van der Waals surface area contributed by atoms with Crippen molar-refractivity contribution in [3.05, 3.63) is 42.5 Å². The van der Waals surface area contributed by atoms with Crippen LogP contribution in [-0.2, 0) is 0 Å². The average molecular weight is 178 g/mol. The summed E-state index contributed by atoms with van der Waals surface area (Å²) < 4.78 is 0. The van der Waals surface area contributed by atoms with Gasteiger partial charge in [0, 0.05) is 16.2 Å². The van der Waals surface area contributed by atoms with Crippen LogP contribution in [0, 0.1) is 0 Å². The van der Waals surface area contributed by atoms with Crippen molar-refractivity contribution in [1.82, 2.24) is 0 Å². The Morgan fingerprint density at radius 2 is 2.17 bits per heavy atom. The van der Waals surface area contributed by atoms with E-state index >= 15 is 0 Å². The molecule has 0 fully saturated rings. The van der Waals surface area contributed by atoms with Crippen molar-refractivity contribution in [3.63, 3.8) is 0 Å². The highest BCUT2D eigenvalue weighted by molar-refractivity contribution is 7.99. The Labute approximate surface area is 76.5 Å². The summed E-state index contributed by atoms with van der Waals surface area (Å²) in [4.78, 5) is 11.6. The van der Waals surface area contributed by atoms with Crippen molar-refractivity contribution in [2.45, 2.75) is 4.90 Å². The largest absolute Gasteiger partial charge is 0.298 e. The van der Waals surface area contributed by atoms with E-state index in [2.05, 4.69) is 6.58 Å². The topological polar surface area (TPSA) is 17.1 Å². The zero-order valence-corrected chi connectivity index (χ0v) is 7.51. The highest BCUT2D eigenvalue weighted by Crippen LogP contribution is 2.20. The number of benzene rings is 1. The summed E-state index contributed by atoms with van der Waals surface area (Å²) in [5.74, 6) is 0.838. The fourth-order valence-corrected chi connectivity index (χ4v) is 1.61. The second-order valence-electron chi connectivity index (χ2n) is 2.26. The molecule has 0 amide bonds. The van der Waals surface area contributed by atoms with Gasteiger partial charge in [-0.3, -0.25) is 4.79 Å². The Balaban J connectivity index is 2.81. The number of thioether (sulfide) groups is 1. The summed E-state index contributed by atoms with van der Waals surface area (Å²) in [6.07, 6.45) is 2.71. The van der Waals surface area contributed by atoms with E-state index in [0.717, 1.165) is 22.5 Å². The summed E-state index contributed by atoms with van der Waals surface area (Å²) >= 11 is 1.62. The third-order valence-electron chi connectivity index (χ3n) is 1.40. The van der Waals surface area contributed by atoms with Gasteiger partial charge in [0.05, 0.1) is 0 Å². The zero-order valence-electron chi connectivity index (χ0n) is 6.69. The predicted molar refractivity (Wildman–Crippen MR) is 52.8 cm³/mol.